The number of amides is 2. The van der Waals surface area contributed by atoms with Crippen LogP contribution in [-0.2, 0) is 16.0 Å². The van der Waals surface area contributed by atoms with Gasteiger partial charge in [-0.25, -0.2) is 8.78 Å². The van der Waals surface area contributed by atoms with Crippen molar-refractivity contribution in [1.29, 1.82) is 0 Å². The first-order valence-corrected chi connectivity index (χ1v) is 9.18. The second kappa shape index (κ2) is 9.91. The van der Waals surface area contributed by atoms with Crippen molar-refractivity contribution >= 4 is 29.3 Å². The molecule has 0 heterocycles. The van der Waals surface area contributed by atoms with Crippen LogP contribution < -0.4 is 10.6 Å². The first-order valence-electron chi connectivity index (χ1n) is 8.14. The van der Waals surface area contributed by atoms with Crippen LogP contribution in [0.25, 0.3) is 0 Å². The van der Waals surface area contributed by atoms with Gasteiger partial charge in [-0.3, -0.25) is 9.59 Å². The van der Waals surface area contributed by atoms with Gasteiger partial charge in [-0.1, -0.05) is 18.2 Å². The molecule has 0 radical (unpaired) electrons. The Bertz CT molecular complexity index is 753. The number of halogens is 2. The van der Waals surface area contributed by atoms with Gasteiger partial charge in [0, 0.05) is 12.2 Å². The van der Waals surface area contributed by atoms with Crippen molar-refractivity contribution < 1.29 is 18.4 Å². The second-order valence-corrected chi connectivity index (χ2v) is 6.97. The predicted molar refractivity (Wildman–Crippen MR) is 100 cm³/mol. The van der Waals surface area contributed by atoms with E-state index in [0.717, 1.165) is 0 Å². The monoisotopic (exact) mass is 378 g/mol. The highest BCUT2D eigenvalue weighted by molar-refractivity contribution is 8.01. The molecule has 0 aliphatic rings. The Morgan fingerprint density at radius 1 is 1.08 bits per heavy atom. The fourth-order valence-corrected chi connectivity index (χ4v) is 2.88. The second-order valence-electron chi connectivity index (χ2n) is 5.64. The number of carbonyl (C=O) groups is 2. The summed E-state index contributed by atoms with van der Waals surface area (Å²) in [6.07, 6.45) is 0.404. The molecule has 2 N–H and O–H groups in total. The van der Waals surface area contributed by atoms with Crippen LogP contribution in [0, 0.1) is 11.6 Å². The normalized spacial score (nSPS) is 11.7. The van der Waals surface area contributed by atoms with Gasteiger partial charge in [-0.05, 0) is 49.2 Å². The lowest BCUT2D eigenvalue weighted by Gasteiger charge is -2.12. The first-order chi connectivity index (χ1) is 12.5. The molecule has 0 spiro atoms. The van der Waals surface area contributed by atoms with Crippen molar-refractivity contribution in [2.75, 3.05) is 17.6 Å². The molecule has 0 bridgehead atoms. The molecule has 4 nitrogen and oxygen atoms in total. The molecule has 1 atom stereocenters. The van der Waals surface area contributed by atoms with Crippen LogP contribution >= 0.6 is 11.8 Å². The van der Waals surface area contributed by atoms with Crippen molar-refractivity contribution in [2.45, 2.75) is 18.6 Å². The van der Waals surface area contributed by atoms with Gasteiger partial charge in [0.15, 0.2) is 0 Å². The van der Waals surface area contributed by atoms with Crippen molar-refractivity contribution in [3.05, 3.63) is 65.7 Å². The maximum Gasteiger partial charge on any atom is 0.234 e. The van der Waals surface area contributed by atoms with Crippen LogP contribution in [0.3, 0.4) is 0 Å². The summed E-state index contributed by atoms with van der Waals surface area (Å²) in [6.45, 7) is 2.03. The summed E-state index contributed by atoms with van der Waals surface area (Å²) in [5.74, 6) is -1.05. The minimum Gasteiger partial charge on any atom is -0.355 e. The van der Waals surface area contributed by atoms with Crippen LogP contribution in [0.4, 0.5) is 14.5 Å². The van der Waals surface area contributed by atoms with Crippen LogP contribution in [0.2, 0.25) is 0 Å². The number of carbonyl (C=O) groups excluding carboxylic acids is 2. The van der Waals surface area contributed by atoms with E-state index in [1.807, 2.05) is 0 Å². The quantitative estimate of drug-likeness (QED) is 0.740. The molecule has 138 valence electrons. The first kappa shape index (κ1) is 19.9. The molecule has 2 aromatic rings. The highest BCUT2D eigenvalue weighted by atomic mass is 32.2. The van der Waals surface area contributed by atoms with E-state index in [9.17, 15) is 18.4 Å². The molecule has 0 fully saturated rings. The molecule has 7 heteroatoms. The van der Waals surface area contributed by atoms with Crippen LogP contribution in [-0.4, -0.2) is 29.4 Å². The topological polar surface area (TPSA) is 58.2 Å². The Morgan fingerprint density at radius 3 is 2.46 bits per heavy atom. The van der Waals surface area contributed by atoms with E-state index in [1.54, 1.807) is 25.1 Å². The zero-order valence-corrected chi connectivity index (χ0v) is 15.1. The number of nitrogens with one attached hydrogen (secondary N) is 2. The Kier molecular flexibility index (Phi) is 7.59. The molecular weight excluding hydrogens is 358 g/mol. The zero-order valence-electron chi connectivity index (χ0n) is 14.3. The SMILES string of the molecule is CC(SCC(=O)Nc1ccc(F)cc1)C(=O)NCCc1ccccc1F. The molecule has 2 aromatic carbocycles. The number of thioether (sulfide) groups is 1. The zero-order chi connectivity index (χ0) is 18.9. The Hall–Kier alpha value is -2.41. The number of benzene rings is 2. The minimum atomic E-state index is -0.422. The van der Waals surface area contributed by atoms with E-state index < -0.39 is 5.25 Å². The molecule has 0 aliphatic carbocycles. The van der Waals surface area contributed by atoms with E-state index in [2.05, 4.69) is 10.6 Å². The fourth-order valence-electron chi connectivity index (χ4n) is 2.17. The van der Waals surface area contributed by atoms with Gasteiger partial charge in [0.2, 0.25) is 11.8 Å². The van der Waals surface area contributed by atoms with Crippen LogP contribution in [0.5, 0.6) is 0 Å². The van der Waals surface area contributed by atoms with Gasteiger partial charge in [-0.15, -0.1) is 11.8 Å². The lowest BCUT2D eigenvalue weighted by Crippen LogP contribution is -2.33. The van der Waals surface area contributed by atoms with Gasteiger partial charge in [0.1, 0.15) is 11.6 Å². The number of hydrogen-bond acceptors (Lipinski definition) is 3. The van der Waals surface area contributed by atoms with Crippen LogP contribution in [0.1, 0.15) is 12.5 Å². The van der Waals surface area contributed by atoms with Gasteiger partial charge >= 0.3 is 0 Å². The predicted octanol–water partition coefficient (Wildman–Crippen LogP) is 3.38. The molecular formula is C19H20F2N2O2S. The van der Waals surface area contributed by atoms with E-state index in [-0.39, 0.29) is 29.2 Å². The van der Waals surface area contributed by atoms with Crippen LogP contribution in [0.15, 0.2) is 48.5 Å². The average molecular weight is 378 g/mol. The van der Waals surface area contributed by atoms with Crippen molar-refractivity contribution in [2.24, 2.45) is 0 Å². The van der Waals surface area contributed by atoms with E-state index in [4.69, 9.17) is 0 Å². The van der Waals surface area contributed by atoms with Gasteiger partial charge in [-0.2, -0.15) is 0 Å². The summed E-state index contributed by atoms with van der Waals surface area (Å²) in [6, 6.07) is 11.9. The highest BCUT2D eigenvalue weighted by Crippen LogP contribution is 2.13. The molecule has 0 aliphatic heterocycles. The summed E-state index contributed by atoms with van der Waals surface area (Å²) in [4.78, 5) is 23.9. The molecule has 0 aromatic heterocycles. The Morgan fingerprint density at radius 2 is 1.77 bits per heavy atom. The number of rotatable bonds is 8. The number of hydrogen-bond donors (Lipinski definition) is 2. The summed E-state index contributed by atoms with van der Waals surface area (Å²) >= 11 is 1.19. The lowest BCUT2D eigenvalue weighted by molar-refractivity contribution is -0.120. The summed E-state index contributed by atoms with van der Waals surface area (Å²) < 4.78 is 26.3. The minimum absolute atomic E-state index is 0.0965. The standard InChI is InChI=1S/C19H20F2N2O2S/c1-13(19(25)22-11-10-14-4-2-3-5-17(14)21)26-12-18(24)23-16-8-6-15(20)7-9-16/h2-9,13H,10-12H2,1H3,(H,22,25)(H,23,24). The summed E-state index contributed by atoms with van der Waals surface area (Å²) in [5.41, 5.74) is 1.05. The third-order valence-electron chi connectivity index (χ3n) is 3.61. The third-order valence-corrected chi connectivity index (χ3v) is 4.76. The van der Waals surface area contributed by atoms with E-state index in [1.165, 1.54) is 42.1 Å². The lowest BCUT2D eigenvalue weighted by atomic mass is 10.1. The molecule has 0 saturated carbocycles. The summed E-state index contributed by atoms with van der Waals surface area (Å²) in [5, 5.41) is 4.95. The van der Waals surface area contributed by atoms with Gasteiger partial charge in [0.25, 0.3) is 0 Å². The largest absolute Gasteiger partial charge is 0.355 e. The smallest absolute Gasteiger partial charge is 0.234 e. The van der Waals surface area contributed by atoms with Crippen molar-refractivity contribution in [3.8, 4) is 0 Å². The fraction of sp³-hybridized carbons (Fsp3) is 0.263. The molecule has 26 heavy (non-hydrogen) atoms. The molecule has 2 amide bonds. The molecule has 1 unspecified atom stereocenters. The molecule has 0 saturated heterocycles. The maximum atomic E-state index is 13.5. The Labute approximate surface area is 155 Å². The maximum absolute atomic E-state index is 13.5. The van der Waals surface area contributed by atoms with E-state index >= 15 is 0 Å². The highest BCUT2D eigenvalue weighted by Gasteiger charge is 2.15. The van der Waals surface area contributed by atoms with Gasteiger partial charge < -0.3 is 10.6 Å². The Balaban J connectivity index is 1.68. The molecule has 2 rings (SSSR count). The van der Waals surface area contributed by atoms with E-state index in [0.29, 0.717) is 24.2 Å². The van der Waals surface area contributed by atoms with Gasteiger partial charge in [0.05, 0.1) is 11.0 Å². The number of anilines is 1. The third kappa shape index (κ3) is 6.48. The average Bonchev–Trinajstić information content (AvgIpc) is 2.63. The van der Waals surface area contributed by atoms with Crippen molar-refractivity contribution in [3.63, 3.8) is 0 Å². The summed E-state index contributed by atoms with van der Waals surface area (Å²) in [7, 11) is 0. The van der Waals surface area contributed by atoms with Crippen molar-refractivity contribution in [1.82, 2.24) is 5.32 Å².